The molecule has 0 N–H and O–H groups in total. The first-order chi connectivity index (χ1) is 15.3. The zero-order chi connectivity index (χ0) is 21.0. The number of thiazole rings is 1. The first-order valence-corrected chi connectivity index (χ1v) is 11.6. The first-order valence-electron chi connectivity index (χ1n) is 10.7. The molecule has 1 unspecified atom stereocenters. The van der Waals surface area contributed by atoms with Gasteiger partial charge < -0.3 is 9.64 Å². The summed E-state index contributed by atoms with van der Waals surface area (Å²) in [5.41, 5.74) is 3.99. The van der Waals surface area contributed by atoms with E-state index < -0.39 is 0 Å². The summed E-state index contributed by atoms with van der Waals surface area (Å²) in [5.74, 6) is 0.0678. The number of rotatable bonds is 7. The molecule has 31 heavy (non-hydrogen) atoms. The van der Waals surface area contributed by atoms with Crippen molar-refractivity contribution in [2.75, 3.05) is 19.7 Å². The second-order valence-electron chi connectivity index (χ2n) is 7.87. The number of fused-ring (bicyclic) bond motifs is 1. The van der Waals surface area contributed by atoms with E-state index in [1.165, 1.54) is 5.69 Å². The van der Waals surface area contributed by atoms with Crippen LogP contribution in [0, 0.1) is 0 Å². The number of amides is 1. The Balaban J connectivity index is 1.35. The Morgan fingerprint density at radius 2 is 1.90 bits per heavy atom. The van der Waals surface area contributed by atoms with Crippen LogP contribution >= 0.6 is 11.3 Å². The molecule has 0 aliphatic carbocycles. The summed E-state index contributed by atoms with van der Waals surface area (Å²) in [4.78, 5) is 20.9. The summed E-state index contributed by atoms with van der Waals surface area (Å²) in [7, 11) is 0. The number of benzene rings is 2. The fourth-order valence-electron chi connectivity index (χ4n) is 4.08. The fraction of sp³-hybridized carbons (Fsp3) is 0.280. The Morgan fingerprint density at radius 3 is 2.65 bits per heavy atom. The molecule has 5 nitrogen and oxygen atoms in total. The third-order valence-corrected chi connectivity index (χ3v) is 6.64. The van der Waals surface area contributed by atoms with E-state index in [1.807, 2.05) is 53.4 Å². The molecule has 0 spiro atoms. The molecule has 1 fully saturated rings. The molecule has 1 aliphatic heterocycles. The number of aromatic nitrogens is 2. The van der Waals surface area contributed by atoms with E-state index in [9.17, 15) is 4.79 Å². The molecule has 1 amide bonds. The molecule has 2 aromatic heterocycles. The van der Waals surface area contributed by atoms with Crippen LogP contribution in [0.2, 0.25) is 0 Å². The third-order valence-electron chi connectivity index (χ3n) is 5.75. The van der Waals surface area contributed by atoms with Crippen LogP contribution in [0.15, 0.2) is 72.2 Å². The van der Waals surface area contributed by atoms with Crippen LogP contribution in [0.5, 0.6) is 0 Å². The molecular formula is C25H25N3O2S. The van der Waals surface area contributed by atoms with Crippen LogP contribution in [0.4, 0.5) is 0 Å². The van der Waals surface area contributed by atoms with Crippen molar-refractivity contribution in [3.8, 4) is 11.3 Å². The van der Waals surface area contributed by atoms with Crippen molar-refractivity contribution in [2.24, 2.45) is 0 Å². The van der Waals surface area contributed by atoms with Crippen molar-refractivity contribution in [1.82, 2.24) is 14.3 Å². The summed E-state index contributed by atoms with van der Waals surface area (Å²) in [5, 5.41) is 2.15. The minimum absolute atomic E-state index is 0.0678. The minimum atomic E-state index is 0.0678. The molecule has 5 rings (SSSR count). The van der Waals surface area contributed by atoms with Crippen LogP contribution in [0.1, 0.15) is 28.9 Å². The van der Waals surface area contributed by atoms with Crippen molar-refractivity contribution in [2.45, 2.75) is 25.4 Å². The Hall–Kier alpha value is -2.96. The number of ether oxygens (including phenoxy) is 1. The van der Waals surface area contributed by atoms with Crippen molar-refractivity contribution < 1.29 is 9.53 Å². The van der Waals surface area contributed by atoms with E-state index in [1.54, 1.807) is 11.3 Å². The van der Waals surface area contributed by atoms with E-state index >= 15 is 0 Å². The molecule has 6 heteroatoms. The Morgan fingerprint density at radius 1 is 1.13 bits per heavy atom. The molecule has 3 heterocycles. The van der Waals surface area contributed by atoms with E-state index in [4.69, 9.17) is 9.72 Å². The average Bonchev–Trinajstić information content (AvgIpc) is 3.56. The zero-order valence-corrected chi connectivity index (χ0v) is 18.1. The van der Waals surface area contributed by atoms with E-state index in [0.717, 1.165) is 47.7 Å². The van der Waals surface area contributed by atoms with Gasteiger partial charge >= 0.3 is 0 Å². The van der Waals surface area contributed by atoms with Gasteiger partial charge in [0.05, 0.1) is 11.8 Å². The summed E-state index contributed by atoms with van der Waals surface area (Å²) in [6, 6.07) is 19.8. The van der Waals surface area contributed by atoms with E-state index in [2.05, 4.69) is 28.1 Å². The molecule has 0 bridgehead atoms. The molecule has 4 aromatic rings. The van der Waals surface area contributed by atoms with Gasteiger partial charge in [0.2, 0.25) is 0 Å². The van der Waals surface area contributed by atoms with Crippen molar-refractivity contribution in [1.29, 1.82) is 0 Å². The van der Waals surface area contributed by atoms with Crippen LogP contribution in [-0.2, 0) is 11.2 Å². The van der Waals surface area contributed by atoms with Gasteiger partial charge in [-0.1, -0.05) is 48.5 Å². The fourth-order valence-corrected chi connectivity index (χ4v) is 4.99. The summed E-state index contributed by atoms with van der Waals surface area (Å²) < 4.78 is 7.98. The Kier molecular flexibility index (Phi) is 5.82. The van der Waals surface area contributed by atoms with Gasteiger partial charge in [0.25, 0.3) is 5.91 Å². The van der Waals surface area contributed by atoms with Crippen molar-refractivity contribution >= 4 is 22.2 Å². The maximum Gasteiger partial charge on any atom is 0.253 e. The predicted octanol–water partition coefficient (Wildman–Crippen LogP) is 4.93. The van der Waals surface area contributed by atoms with Gasteiger partial charge in [0, 0.05) is 54.5 Å². The molecule has 0 radical (unpaired) electrons. The lowest BCUT2D eigenvalue weighted by atomic mass is 10.1. The van der Waals surface area contributed by atoms with Crippen molar-refractivity contribution in [3.63, 3.8) is 0 Å². The second-order valence-corrected chi connectivity index (χ2v) is 8.71. The van der Waals surface area contributed by atoms with Crippen molar-refractivity contribution in [3.05, 3.63) is 83.5 Å². The molecule has 1 aliphatic rings. The van der Waals surface area contributed by atoms with Crippen LogP contribution in [-0.4, -0.2) is 46.0 Å². The van der Waals surface area contributed by atoms with E-state index in [0.29, 0.717) is 13.1 Å². The normalized spacial score (nSPS) is 16.1. The topological polar surface area (TPSA) is 46.8 Å². The standard InChI is InChI=1S/C25H25N3O2S/c29-24(20-10-5-2-6-11-20)27(16-22-12-7-15-30-22)14-13-21-18-31-25-26-23(17-28(21)25)19-8-3-1-4-9-19/h1-6,8-11,17-18,22H,7,12-16H2. The lowest BCUT2D eigenvalue weighted by molar-refractivity contribution is 0.0528. The van der Waals surface area contributed by atoms with Crippen LogP contribution in [0.25, 0.3) is 16.2 Å². The smallest absolute Gasteiger partial charge is 0.253 e. The number of hydrogen-bond acceptors (Lipinski definition) is 4. The second kappa shape index (κ2) is 9.04. The Bertz CT molecular complexity index is 1150. The molecule has 1 saturated heterocycles. The lowest BCUT2D eigenvalue weighted by Crippen LogP contribution is -2.38. The first kappa shape index (κ1) is 20.0. The average molecular weight is 432 g/mol. The van der Waals surface area contributed by atoms with Gasteiger partial charge in [0.1, 0.15) is 0 Å². The number of carbonyl (C=O) groups excluding carboxylic acids is 1. The minimum Gasteiger partial charge on any atom is -0.376 e. The van der Waals surface area contributed by atoms with Gasteiger partial charge in [0.15, 0.2) is 4.96 Å². The Labute approximate surface area is 185 Å². The maximum absolute atomic E-state index is 13.2. The summed E-state index contributed by atoms with van der Waals surface area (Å²) >= 11 is 1.64. The number of imidazole rings is 1. The highest BCUT2D eigenvalue weighted by Gasteiger charge is 2.23. The number of carbonyl (C=O) groups is 1. The highest BCUT2D eigenvalue weighted by atomic mass is 32.1. The largest absolute Gasteiger partial charge is 0.376 e. The van der Waals surface area contributed by atoms with E-state index in [-0.39, 0.29) is 12.0 Å². The van der Waals surface area contributed by atoms with Crippen LogP contribution in [0.3, 0.4) is 0 Å². The summed E-state index contributed by atoms with van der Waals surface area (Å²) in [6.45, 7) is 2.08. The monoisotopic (exact) mass is 431 g/mol. The molecule has 158 valence electrons. The highest BCUT2D eigenvalue weighted by Crippen LogP contribution is 2.24. The summed E-state index contributed by atoms with van der Waals surface area (Å²) in [6.07, 6.45) is 5.09. The molecule has 1 atom stereocenters. The third kappa shape index (κ3) is 4.40. The van der Waals surface area contributed by atoms with Gasteiger partial charge in [-0.2, -0.15) is 0 Å². The highest BCUT2D eigenvalue weighted by molar-refractivity contribution is 7.15. The van der Waals surface area contributed by atoms with Gasteiger partial charge in [-0.3, -0.25) is 9.20 Å². The molecule has 0 saturated carbocycles. The van der Waals surface area contributed by atoms with Gasteiger partial charge in [-0.25, -0.2) is 4.98 Å². The molecule has 2 aromatic carbocycles. The number of hydrogen-bond donors (Lipinski definition) is 0. The predicted molar refractivity (Wildman–Crippen MR) is 124 cm³/mol. The lowest BCUT2D eigenvalue weighted by Gasteiger charge is -2.25. The SMILES string of the molecule is O=C(c1ccccc1)N(CCc1csc2nc(-c3ccccc3)cn12)CC1CCCO1. The number of nitrogens with zero attached hydrogens (tertiary/aromatic N) is 3. The zero-order valence-electron chi connectivity index (χ0n) is 17.3. The van der Waals surface area contributed by atoms with Crippen LogP contribution < -0.4 is 0 Å². The van der Waals surface area contributed by atoms with Gasteiger partial charge in [-0.05, 0) is 25.0 Å². The molecular weight excluding hydrogens is 406 g/mol. The quantitative estimate of drug-likeness (QED) is 0.417. The van der Waals surface area contributed by atoms with Gasteiger partial charge in [-0.15, -0.1) is 11.3 Å². The maximum atomic E-state index is 13.2.